The highest BCUT2D eigenvalue weighted by molar-refractivity contribution is 5.82. The Labute approximate surface area is 131 Å². The van der Waals surface area contributed by atoms with E-state index in [9.17, 15) is 0 Å². The van der Waals surface area contributed by atoms with Gasteiger partial charge in [-0.05, 0) is 12.1 Å². The van der Waals surface area contributed by atoms with Crippen molar-refractivity contribution in [3.63, 3.8) is 0 Å². The second kappa shape index (κ2) is 5.56. The van der Waals surface area contributed by atoms with E-state index in [-0.39, 0.29) is 0 Å². The molecule has 116 valence electrons. The fourth-order valence-corrected chi connectivity index (χ4v) is 2.49. The van der Waals surface area contributed by atoms with Gasteiger partial charge in [-0.3, -0.25) is 0 Å². The number of ether oxygens (including phenoxy) is 1. The lowest BCUT2D eigenvalue weighted by Crippen LogP contribution is -2.08. The van der Waals surface area contributed by atoms with Crippen LogP contribution in [-0.2, 0) is 6.42 Å². The molecule has 0 bridgehead atoms. The minimum Gasteiger partial charge on any atom is -0.497 e. The Hall–Kier alpha value is -3.16. The fraction of sp³-hybridized carbons (Fsp3) is 0.200. The van der Waals surface area contributed by atoms with Gasteiger partial charge in [0.25, 0.3) is 0 Å². The zero-order chi connectivity index (χ0) is 15.6. The van der Waals surface area contributed by atoms with Crippen LogP contribution in [0.2, 0.25) is 0 Å². The average molecular weight is 309 g/mol. The molecular weight excluding hydrogens is 294 g/mol. The molecule has 3 aromatic heterocycles. The molecule has 0 unspecified atom stereocenters. The van der Waals surface area contributed by atoms with Gasteiger partial charge in [-0.15, -0.1) is 0 Å². The number of fused-ring (bicyclic) bond motifs is 2. The van der Waals surface area contributed by atoms with Crippen LogP contribution in [0.4, 0.5) is 5.82 Å². The monoisotopic (exact) mass is 309 g/mol. The number of aromatic nitrogens is 6. The Bertz CT molecular complexity index is 959. The van der Waals surface area contributed by atoms with E-state index >= 15 is 0 Å². The van der Waals surface area contributed by atoms with Crippen molar-refractivity contribution in [1.29, 1.82) is 0 Å². The van der Waals surface area contributed by atoms with Crippen LogP contribution in [0.1, 0.15) is 5.82 Å². The van der Waals surface area contributed by atoms with E-state index in [1.54, 1.807) is 13.4 Å². The quantitative estimate of drug-likeness (QED) is 0.520. The number of rotatable bonds is 5. The molecule has 0 amide bonds. The molecule has 0 saturated heterocycles. The smallest absolute Gasteiger partial charge is 0.182 e. The Morgan fingerprint density at radius 2 is 2.17 bits per heavy atom. The van der Waals surface area contributed by atoms with Gasteiger partial charge in [0.05, 0.1) is 24.5 Å². The van der Waals surface area contributed by atoms with Gasteiger partial charge in [-0.25, -0.2) is 19.9 Å². The molecular formula is C15H15N7O. The second-order valence-electron chi connectivity index (χ2n) is 5.07. The molecule has 8 heteroatoms. The van der Waals surface area contributed by atoms with Gasteiger partial charge in [0.1, 0.15) is 23.4 Å². The average Bonchev–Trinajstić information content (AvgIpc) is 3.20. The molecule has 3 N–H and O–H groups in total. The van der Waals surface area contributed by atoms with Crippen molar-refractivity contribution in [2.24, 2.45) is 0 Å². The van der Waals surface area contributed by atoms with E-state index in [0.29, 0.717) is 12.2 Å². The first-order valence-corrected chi connectivity index (χ1v) is 7.24. The number of nitrogens with one attached hydrogen (secondary N) is 3. The Morgan fingerprint density at radius 3 is 3.09 bits per heavy atom. The van der Waals surface area contributed by atoms with E-state index in [1.807, 2.05) is 18.2 Å². The number of imidazole rings is 2. The van der Waals surface area contributed by atoms with Crippen molar-refractivity contribution in [3.8, 4) is 5.75 Å². The normalized spacial score (nSPS) is 11.2. The number of aromatic amines is 2. The number of H-pyrrole nitrogens is 2. The molecule has 4 aromatic rings. The maximum Gasteiger partial charge on any atom is 0.182 e. The van der Waals surface area contributed by atoms with Crippen LogP contribution in [0.25, 0.3) is 22.2 Å². The van der Waals surface area contributed by atoms with Crippen LogP contribution in [0.15, 0.2) is 30.9 Å². The van der Waals surface area contributed by atoms with E-state index in [2.05, 4.69) is 35.2 Å². The summed E-state index contributed by atoms with van der Waals surface area (Å²) in [6.07, 6.45) is 3.85. The largest absolute Gasteiger partial charge is 0.497 e. The van der Waals surface area contributed by atoms with E-state index in [1.165, 1.54) is 6.33 Å². The van der Waals surface area contributed by atoms with Crippen molar-refractivity contribution in [2.45, 2.75) is 6.42 Å². The summed E-state index contributed by atoms with van der Waals surface area (Å²) in [5.74, 6) is 2.47. The maximum atomic E-state index is 5.22. The Balaban J connectivity index is 1.47. The van der Waals surface area contributed by atoms with Crippen LogP contribution >= 0.6 is 0 Å². The number of benzene rings is 1. The molecule has 0 aliphatic heterocycles. The van der Waals surface area contributed by atoms with Crippen LogP contribution in [0.5, 0.6) is 5.75 Å². The summed E-state index contributed by atoms with van der Waals surface area (Å²) in [6, 6.07) is 5.79. The van der Waals surface area contributed by atoms with Crippen LogP contribution in [0, 0.1) is 0 Å². The van der Waals surface area contributed by atoms with Crippen LogP contribution in [-0.4, -0.2) is 43.6 Å². The molecule has 0 radical (unpaired) electrons. The highest BCUT2D eigenvalue weighted by Gasteiger charge is 2.07. The minimum atomic E-state index is 0.651. The fourth-order valence-electron chi connectivity index (χ4n) is 2.49. The van der Waals surface area contributed by atoms with Gasteiger partial charge in [-0.2, -0.15) is 0 Å². The number of hydrogen-bond donors (Lipinski definition) is 3. The number of nitrogens with zero attached hydrogens (tertiary/aromatic N) is 4. The summed E-state index contributed by atoms with van der Waals surface area (Å²) in [5.41, 5.74) is 3.36. The number of hydrogen-bond acceptors (Lipinski definition) is 6. The second-order valence-corrected chi connectivity index (χ2v) is 5.07. The molecule has 8 nitrogen and oxygen atoms in total. The lowest BCUT2D eigenvalue weighted by atomic mass is 10.3. The minimum absolute atomic E-state index is 0.651. The van der Waals surface area contributed by atoms with E-state index in [4.69, 9.17) is 4.74 Å². The van der Waals surface area contributed by atoms with Crippen molar-refractivity contribution in [3.05, 3.63) is 36.7 Å². The van der Waals surface area contributed by atoms with Crippen LogP contribution in [0.3, 0.4) is 0 Å². The Kier molecular flexibility index (Phi) is 3.26. The van der Waals surface area contributed by atoms with Gasteiger partial charge in [-0.1, -0.05) is 0 Å². The molecule has 0 saturated carbocycles. The summed E-state index contributed by atoms with van der Waals surface area (Å²) < 4.78 is 5.22. The first-order valence-electron chi connectivity index (χ1n) is 7.24. The molecule has 4 rings (SSSR count). The highest BCUT2D eigenvalue weighted by Crippen LogP contribution is 2.19. The molecule has 0 spiro atoms. The topological polar surface area (TPSA) is 104 Å². The standard InChI is InChI=1S/C15H15N7O/c1-23-9-2-3-10-11(6-9)22-12(21-10)4-5-16-14-13-15(18-7-17-13)20-8-19-14/h2-3,6-8H,4-5H2,1H3,(H,21,22)(H2,16,17,18,19,20). The molecule has 3 heterocycles. The van der Waals surface area contributed by atoms with E-state index < -0.39 is 0 Å². The molecule has 0 atom stereocenters. The zero-order valence-electron chi connectivity index (χ0n) is 12.5. The predicted octanol–water partition coefficient (Wildman–Crippen LogP) is 1.89. The number of anilines is 1. The van der Waals surface area contributed by atoms with Crippen LogP contribution < -0.4 is 10.1 Å². The maximum absolute atomic E-state index is 5.22. The molecule has 1 aromatic carbocycles. The van der Waals surface area contributed by atoms with E-state index in [0.717, 1.165) is 40.4 Å². The molecule has 23 heavy (non-hydrogen) atoms. The third kappa shape index (κ3) is 2.54. The summed E-state index contributed by atoms with van der Waals surface area (Å²) in [4.78, 5) is 23.3. The predicted molar refractivity (Wildman–Crippen MR) is 86.5 cm³/mol. The van der Waals surface area contributed by atoms with Gasteiger partial charge in [0.2, 0.25) is 0 Å². The van der Waals surface area contributed by atoms with Crippen molar-refractivity contribution in [1.82, 2.24) is 29.9 Å². The van der Waals surface area contributed by atoms with Crippen molar-refractivity contribution in [2.75, 3.05) is 19.0 Å². The summed E-state index contributed by atoms with van der Waals surface area (Å²) in [5, 5.41) is 3.28. The van der Waals surface area contributed by atoms with Gasteiger partial charge >= 0.3 is 0 Å². The van der Waals surface area contributed by atoms with Gasteiger partial charge in [0, 0.05) is 19.0 Å². The van der Waals surface area contributed by atoms with Gasteiger partial charge in [0.15, 0.2) is 11.5 Å². The summed E-state index contributed by atoms with van der Waals surface area (Å²) >= 11 is 0. The number of methoxy groups -OCH3 is 1. The van der Waals surface area contributed by atoms with Crippen molar-refractivity contribution >= 4 is 28.0 Å². The van der Waals surface area contributed by atoms with Gasteiger partial charge < -0.3 is 20.0 Å². The molecule has 0 aliphatic carbocycles. The summed E-state index contributed by atoms with van der Waals surface area (Å²) in [6.45, 7) is 0.697. The summed E-state index contributed by atoms with van der Waals surface area (Å²) in [7, 11) is 1.65. The lowest BCUT2D eigenvalue weighted by molar-refractivity contribution is 0.415. The molecule has 0 fully saturated rings. The lowest BCUT2D eigenvalue weighted by Gasteiger charge is -2.04. The Morgan fingerprint density at radius 1 is 1.22 bits per heavy atom. The third-order valence-electron chi connectivity index (χ3n) is 3.62. The highest BCUT2D eigenvalue weighted by atomic mass is 16.5. The third-order valence-corrected chi connectivity index (χ3v) is 3.62. The van der Waals surface area contributed by atoms with Crippen molar-refractivity contribution < 1.29 is 4.74 Å². The zero-order valence-corrected chi connectivity index (χ0v) is 12.5. The first kappa shape index (κ1) is 13.5. The SMILES string of the molecule is COc1ccc2nc(CCNc3ncnc4nc[nH]c34)[nH]c2c1. The first-order chi connectivity index (χ1) is 11.3. The molecule has 0 aliphatic rings.